The number of nitrogens with zero attached hydrogens (tertiary/aromatic N) is 3. The average molecular weight is 460 g/mol. The molecule has 178 valence electrons. The molecule has 1 amide bonds. The Morgan fingerprint density at radius 1 is 1.21 bits per heavy atom. The van der Waals surface area contributed by atoms with E-state index in [9.17, 15) is 4.79 Å². The molecule has 0 radical (unpaired) electrons. The summed E-state index contributed by atoms with van der Waals surface area (Å²) in [5.41, 5.74) is 8.64. The summed E-state index contributed by atoms with van der Waals surface area (Å²) in [5, 5.41) is 10.7. The van der Waals surface area contributed by atoms with E-state index in [2.05, 4.69) is 46.7 Å². The first kappa shape index (κ1) is 23.7. The number of nitrogens with one attached hydrogen (secondary N) is 2. The Balaban J connectivity index is 0.000000195. The molecule has 1 aromatic carbocycles. The third kappa shape index (κ3) is 5.54. The lowest BCUT2D eigenvalue weighted by Gasteiger charge is -2.27. The first-order valence-electron chi connectivity index (χ1n) is 11.8. The number of hydrogen-bond donors (Lipinski definition) is 2. The summed E-state index contributed by atoms with van der Waals surface area (Å²) in [5.74, 6) is 0. The van der Waals surface area contributed by atoms with Gasteiger partial charge in [0.2, 0.25) is 0 Å². The van der Waals surface area contributed by atoms with Gasteiger partial charge in [-0.3, -0.25) is 10.4 Å². The van der Waals surface area contributed by atoms with Crippen LogP contribution in [0.4, 0.5) is 4.79 Å². The quantitative estimate of drug-likeness (QED) is 0.530. The molecule has 3 aliphatic rings. The average Bonchev–Trinajstić information content (AvgIpc) is 3.08. The number of pyridine rings is 1. The van der Waals surface area contributed by atoms with Crippen LogP contribution in [0.25, 0.3) is 17.7 Å². The standard InChI is InChI=1S/C19H17N3.C8H16N2O2/c1-22(12-20)17-7-13-4-5-14-11-19-15(3-2-6-21-19)9-16(10-17)18(14)8-13;1-7(2)12-8(11)10-5-3-9-4-6-10/h2-9,12,20H,10-11H2,1H3;7,9H,3-6H2,1-2H3. The Morgan fingerprint density at radius 2 is 2.00 bits per heavy atom. The van der Waals surface area contributed by atoms with Gasteiger partial charge in [-0.2, -0.15) is 0 Å². The molecule has 2 heterocycles. The van der Waals surface area contributed by atoms with Gasteiger partial charge >= 0.3 is 6.09 Å². The lowest BCUT2D eigenvalue weighted by Crippen LogP contribution is -2.47. The topological polar surface area (TPSA) is 81.5 Å². The van der Waals surface area contributed by atoms with E-state index in [4.69, 9.17) is 10.1 Å². The lowest BCUT2D eigenvalue weighted by atomic mass is 9.96. The number of rotatable bonds is 3. The van der Waals surface area contributed by atoms with Crippen LogP contribution >= 0.6 is 0 Å². The molecule has 0 saturated carbocycles. The van der Waals surface area contributed by atoms with Gasteiger partial charge in [0.25, 0.3) is 0 Å². The van der Waals surface area contributed by atoms with E-state index in [1.807, 2.05) is 38.1 Å². The highest BCUT2D eigenvalue weighted by Gasteiger charge is 2.20. The van der Waals surface area contributed by atoms with E-state index in [-0.39, 0.29) is 12.2 Å². The second-order valence-electron chi connectivity index (χ2n) is 9.02. The smallest absolute Gasteiger partial charge is 0.410 e. The molecule has 0 unspecified atom stereocenters. The van der Waals surface area contributed by atoms with E-state index < -0.39 is 0 Å². The van der Waals surface area contributed by atoms with Crippen molar-refractivity contribution in [2.45, 2.75) is 32.8 Å². The molecule has 34 heavy (non-hydrogen) atoms. The number of carbonyl (C=O) groups is 1. The van der Waals surface area contributed by atoms with Gasteiger partial charge in [0, 0.05) is 58.0 Å². The van der Waals surface area contributed by atoms with Crippen molar-refractivity contribution in [3.05, 3.63) is 70.2 Å². The number of carbonyl (C=O) groups excluding carboxylic acids is 1. The second kappa shape index (κ2) is 10.7. The highest BCUT2D eigenvalue weighted by molar-refractivity contribution is 5.89. The van der Waals surface area contributed by atoms with Gasteiger partial charge in [-0.05, 0) is 66.0 Å². The molecule has 0 spiro atoms. The van der Waals surface area contributed by atoms with Gasteiger partial charge in [-0.15, -0.1) is 0 Å². The number of hydrogen-bond acceptors (Lipinski definition) is 5. The molecule has 7 nitrogen and oxygen atoms in total. The van der Waals surface area contributed by atoms with Gasteiger partial charge in [0.1, 0.15) is 0 Å². The number of benzene rings is 1. The summed E-state index contributed by atoms with van der Waals surface area (Å²) in [4.78, 5) is 19.4. The van der Waals surface area contributed by atoms with Gasteiger partial charge < -0.3 is 19.9 Å². The van der Waals surface area contributed by atoms with Crippen LogP contribution in [0.3, 0.4) is 0 Å². The minimum atomic E-state index is -0.188. The summed E-state index contributed by atoms with van der Waals surface area (Å²) < 4.78 is 5.05. The van der Waals surface area contributed by atoms with Crippen molar-refractivity contribution >= 4 is 30.2 Å². The van der Waals surface area contributed by atoms with Crippen molar-refractivity contribution in [1.82, 2.24) is 20.1 Å². The first-order chi connectivity index (χ1) is 16.4. The Kier molecular flexibility index (Phi) is 7.43. The van der Waals surface area contributed by atoms with E-state index in [0.717, 1.165) is 50.4 Å². The van der Waals surface area contributed by atoms with Crippen molar-refractivity contribution in [2.24, 2.45) is 0 Å². The molecule has 7 heteroatoms. The van der Waals surface area contributed by atoms with Crippen molar-refractivity contribution in [3.63, 3.8) is 0 Å². The van der Waals surface area contributed by atoms with Crippen LogP contribution in [0.5, 0.6) is 0 Å². The SMILES string of the molecule is CC(C)OC(=O)N1CCNCC1.CN(C=N)C1=Cc2ccc3c(c2)C(=Cc2cccnc2C3)C1. The lowest BCUT2D eigenvalue weighted by molar-refractivity contribution is 0.0732. The van der Waals surface area contributed by atoms with E-state index in [0.29, 0.717) is 0 Å². The first-order valence-corrected chi connectivity index (χ1v) is 11.8. The second-order valence-corrected chi connectivity index (χ2v) is 9.02. The van der Waals surface area contributed by atoms with Crippen LogP contribution in [-0.2, 0) is 11.2 Å². The maximum absolute atomic E-state index is 11.3. The van der Waals surface area contributed by atoms with Crippen molar-refractivity contribution in [2.75, 3.05) is 33.2 Å². The fraction of sp³-hybridized carbons (Fsp3) is 0.370. The third-order valence-corrected chi connectivity index (χ3v) is 6.16. The van der Waals surface area contributed by atoms with Crippen LogP contribution in [-0.4, -0.2) is 66.5 Å². The van der Waals surface area contributed by atoms with Crippen LogP contribution in [0.1, 0.15) is 48.2 Å². The highest BCUT2D eigenvalue weighted by atomic mass is 16.6. The third-order valence-electron chi connectivity index (χ3n) is 6.16. The van der Waals surface area contributed by atoms with Gasteiger partial charge in [0.05, 0.1) is 18.1 Å². The van der Waals surface area contributed by atoms with Crippen LogP contribution in [0, 0.1) is 5.41 Å². The number of ether oxygens (including phenoxy) is 1. The molecular weight excluding hydrogens is 426 g/mol. The summed E-state index contributed by atoms with van der Waals surface area (Å²) >= 11 is 0. The maximum Gasteiger partial charge on any atom is 0.410 e. The Hall–Kier alpha value is -3.45. The predicted octanol–water partition coefficient (Wildman–Crippen LogP) is 4.25. The molecule has 1 aromatic heterocycles. The fourth-order valence-corrected chi connectivity index (χ4v) is 4.33. The number of aromatic nitrogens is 1. The summed E-state index contributed by atoms with van der Waals surface area (Å²) in [6.07, 6.45) is 9.17. The summed E-state index contributed by atoms with van der Waals surface area (Å²) in [7, 11) is 1.93. The molecule has 2 aromatic rings. The zero-order valence-electron chi connectivity index (χ0n) is 20.2. The molecule has 1 fully saturated rings. The summed E-state index contributed by atoms with van der Waals surface area (Å²) in [6, 6.07) is 10.8. The molecule has 0 atom stereocenters. The van der Waals surface area contributed by atoms with Gasteiger partial charge in [-0.1, -0.05) is 18.2 Å². The van der Waals surface area contributed by atoms with Gasteiger partial charge in [-0.25, -0.2) is 4.79 Å². The number of piperazine rings is 1. The van der Waals surface area contributed by atoms with Crippen molar-refractivity contribution in [1.29, 1.82) is 5.41 Å². The van der Waals surface area contributed by atoms with Crippen LogP contribution in [0.2, 0.25) is 0 Å². The number of fused-ring (bicyclic) bond motifs is 2. The largest absolute Gasteiger partial charge is 0.447 e. The molecule has 2 N–H and O–H groups in total. The van der Waals surface area contributed by atoms with E-state index in [1.165, 1.54) is 34.2 Å². The van der Waals surface area contributed by atoms with E-state index in [1.54, 1.807) is 4.90 Å². The molecular formula is C27H33N5O2. The molecule has 1 aliphatic heterocycles. The highest BCUT2D eigenvalue weighted by Crippen LogP contribution is 2.37. The molecule has 5 rings (SSSR count). The van der Waals surface area contributed by atoms with Crippen LogP contribution in [0.15, 0.2) is 42.2 Å². The maximum atomic E-state index is 11.3. The number of allylic oxidation sites excluding steroid dienone is 1. The molecule has 2 bridgehead atoms. The monoisotopic (exact) mass is 459 g/mol. The fourth-order valence-electron chi connectivity index (χ4n) is 4.33. The van der Waals surface area contributed by atoms with Gasteiger partial charge in [0.15, 0.2) is 0 Å². The minimum absolute atomic E-state index is 0.0209. The van der Waals surface area contributed by atoms with Crippen LogP contribution < -0.4 is 5.32 Å². The normalized spacial score (nSPS) is 16.1. The summed E-state index contributed by atoms with van der Waals surface area (Å²) in [6.45, 7) is 6.97. The Bertz CT molecular complexity index is 1120. The predicted molar refractivity (Wildman–Crippen MR) is 137 cm³/mol. The zero-order valence-corrected chi connectivity index (χ0v) is 20.2. The Labute approximate surface area is 201 Å². The zero-order chi connectivity index (χ0) is 24.1. The molecule has 1 saturated heterocycles. The van der Waals surface area contributed by atoms with Crippen molar-refractivity contribution < 1.29 is 9.53 Å². The van der Waals surface area contributed by atoms with Crippen molar-refractivity contribution in [3.8, 4) is 0 Å². The Morgan fingerprint density at radius 3 is 2.74 bits per heavy atom. The van der Waals surface area contributed by atoms with E-state index >= 15 is 0 Å². The molecule has 2 aliphatic carbocycles. The minimum Gasteiger partial charge on any atom is -0.447 e. The number of amides is 1.